The predicted octanol–water partition coefficient (Wildman–Crippen LogP) is 2.15. The van der Waals surface area contributed by atoms with Gasteiger partial charge in [-0.25, -0.2) is 0 Å². The van der Waals surface area contributed by atoms with Gasteiger partial charge in [-0.15, -0.1) is 0 Å². The standard InChI is InChI=1S/C14H19N3O/c18-14(17-8-2-1-3-9-17)11-4-5-12-13(10-11)16-7-6-15-12/h4-5,10,15-16H,1-3,6-9H2. The number of carbonyl (C=O) groups is 1. The maximum Gasteiger partial charge on any atom is 0.253 e. The Morgan fingerprint density at radius 1 is 1.00 bits per heavy atom. The molecule has 18 heavy (non-hydrogen) atoms. The highest BCUT2D eigenvalue weighted by Gasteiger charge is 2.19. The number of nitrogens with zero attached hydrogens (tertiary/aromatic N) is 1. The topological polar surface area (TPSA) is 44.4 Å². The van der Waals surface area contributed by atoms with Crippen LogP contribution in [0.15, 0.2) is 18.2 Å². The fraction of sp³-hybridized carbons (Fsp3) is 0.500. The highest BCUT2D eigenvalue weighted by molar-refractivity contribution is 5.96. The number of likely N-dealkylation sites (tertiary alicyclic amines) is 1. The van der Waals surface area contributed by atoms with E-state index in [1.54, 1.807) is 0 Å². The van der Waals surface area contributed by atoms with E-state index in [-0.39, 0.29) is 5.91 Å². The molecule has 1 fully saturated rings. The third-order valence-corrected chi connectivity index (χ3v) is 3.67. The van der Waals surface area contributed by atoms with Crippen LogP contribution in [-0.4, -0.2) is 37.0 Å². The molecule has 4 heteroatoms. The maximum absolute atomic E-state index is 12.4. The SMILES string of the molecule is O=C(c1ccc2c(c1)NCCN2)N1CCCCC1. The Bertz CT molecular complexity index is 452. The Labute approximate surface area is 107 Å². The molecule has 0 atom stereocenters. The number of rotatable bonds is 1. The van der Waals surface area contributed by atoms with Crippen LogP contribution in [0.5, 0.6) is 0 Å². The van der Waals surface area contributed by atoms with Crippen LogP contribution in [0, 0.1) is 0 Å². The van der Waals surface area contributed by atoms with Crippen molar-refractivity contribution in [3.8, 4) is 0 Å². The summed E-state index contributed by atoms with van der Waals surface area (Å²) in [5, 5.41) is 6.65. The van der Waals surface area contributed by atoms with Gasteiger partial charge in [0.2, 0.25) is 0 Å². The van der Waals surface area contributed by atoms with E-state index in [0.717, 1.165) is 56.0 Å². The van der Waals surface area contributed by atoms with Crippen LogP contribution in [0.25, 0.3) is 0 Å². The molecule has 1 aromatic rings. The Morgan fingerprint density at radius 2 is 1.72 bits per heavy atom. The van der Waals surface area contributed by atoms with Crippen molar-refractivity contribution >= 4 is 17.3 Å². The summed E-state index contributed by atoms with van der Waals surface area (Å²) in [5.41, 5.74) is 2.94. The van der Waals surface area contributed by atoms with Crippen LogP contribution >= 0.6 is 0 Å². The summed E-state index contributed by atoms with van der Waals surface area (Å²) in [6, 6.07) is 5.90. The maximum atomic E-state index is 12.4. The van der Waals surface area contributed by atoms with E-state index >= 15 is 0 Å². The first kappa shape index (κ1) is 11.4. The van der Waals surface area contributed by atoms with Crippen molar-refractivity contribution in [2.45, 2.75) is 19.3 Å². The summed E-state index contributed by atoms with van der Waals surface area (Å²) in [4.78, 5) is 14.3. The van der Waals surface area contributed by atoms with Crippen LogP contribution in [0.1, 0.15) is 29.6 Å². The molecule has 0 spiro atoms. The zero-order chi connectivity index (χ0) is 12.4. The Hall–Kier alpha value is -1.71. The van der Waals surface area contributed by atoms with Gasteiger partial charge in [-0.3, -0.25) is 4.79 Å². The fourth-order valence-corrected chi connectivity index (χ4v) is 2.65. The summed E-state index contributed by atoms with van der Waals surface area (Å²) in [7, 11) is 0. The van der Waals surface area contributed by atoms with Gasteiger partial charge in [-0.05, 0) is 37.5 Å². The number of anilines is 2. The van der Waals surface area contributed by atoms with Crippen molar-refractivity contribution in [3.63, 3.8) is 0 Å². The lowest BCUT2D eigenvalue weighted by Gasteiger charge is -2.27. The van der Waals surface area contributed by atoms with Crippen molar-refractivity contribution < 1.29 is 4.79 Å². The summed E-state index contributed by atoms with van der Waals surface area (Å²) in [6.45, 7) is 3.66. The van der Waals surface area contributed by atoms with Crippen molar-refractivity contribution in [2.24, 2.45) is 0 Å². The summed E-state index contributed by atoms with van der Waals surface area (Å²) < 4.78 is 0. The monoisotopic (exact) mass is 245 g/mol. The van der Waals surface area contributed by atoms with E-state index in [0.29, 0.717) is 0 Å². The fourth-order valence-electron chi connectivity index (χ4n) is 2.65. The number of carbonyl (C=O) groups excluding carboxylic acids is 1. The van der Waals surface area contributed by atoms with Crippen molar-refractivity contribution in [3.05, 3.63) is 23.8 Å². The summed E-state index contributed by atoms with van der Waals surface area (Å²) in [5.74, 6) is 0.171. The third kappa shape index (κ3) is 2.15. The van der Waals surface area contributed by atoms with Crippen LogP contribution in [0.3, 0.4) is 0 Å². The van der Waals surface area contributed by atoms with Gasteiger partial charge < -0.3 is 15.5 Å². The number of amides is 1. The summed E-state index contributed by atoms with van der Waals surface area (Å²) >= 11 is 0. The molecule has 96 valence electrons. The van der Waals surface area contributed by atoms with Crippen molar-refractivity contribution in [1.82, 2.24) is 4.90 Å². The van der Waals surface area contributed by atoms with Crippen LogP contribution in [-0.2, 0) is 0 Å². The van der Waals surface area contributed by atoms with Crippen molar-refractivity contribution in [2.75, 3.05) is 36.8 Å². The molecule has 0 saturated carbocycles. The van der Waals surface area contributed by atoms with Crippen LogP contribution in [0.4, 0.5) is 11.4 Å². The quantitative estimate of drug-likeness (QED) is 0.797. The second kappa shape index (κ2) is 4.88. The molecule has 4 nitrogen and oxygen atoms in total. The van der Waals surface area contributed by atoms with E-state index < -0.39 is 0 Å². The van der Waals surface area contributed by atoms with E-state index in [4.69, 9.17) is 0 Å². The molecule has 1 amide bonds. The van der Waals surface area contributed by atoms with Gasteiger partial charge in [0.15, 0.2) is 0 Å². The first-order valence-corrected chi connectivity index (χ1v) is 6.76. The first-order chi connectivity index (χ1) is 8.84. The molecule has 0 bridgehead atoms. The molecule has 2 heterocycles. The predicted molar refractivity (Wildman–Crippen MR) is 73.2 cm³/mol. The van der Waals surface area contributed by atoms with Gasteiger partial charge >= 0.3 is 0 Å². The Morgan fingerprint density at radius 3 is 2.50 bits per heavy atom. The molecular weight excluding hydrogens is 226 g/mol. The lowest BCUT2D eigenvalue weighted by atomic mass is 10.1. The molecule has 2 aliphatic rings. The molecular formula is C14H19N3O. The van der Waals surface area contributed by atoms with E-state index in [2.05, 4.69) is 10.6 Å². The molecule has 2 aliphatic heterocycles. The molecule has 0 unspecified atom stereocenters. The van der Waals surface area contributed by atoms with E-state index in [9.17, 15) is 4.79 Å². The zero-order valence-electron chi connectivity index (χ0n) is 10.5. The minimum absolute atomic E-state index is 0.171. The number of hydrogen-bond acceptors (Lipinski definition) is 3. The lowest BCUT2D eigenvalue weighted by molar-refractivity contribution is 0.0724. The van der Waals surface area contributed by atoms with Gasteiger partial charge in [0.25, 0.3) is 5.91 Å². The second-order valence-corrected chi connectivity index (χ2v) is 4.97. The van der Waals surface area contributed by atoms with E-state index in [1.165, 1.54) is 6.42 Å². The van der Waals surface area contributed by atoms with Crippen LogP contribution < -0.4 is 10.6 Å². The normalized spacial score (nSPS) is 18.6. The Balaban J connectivity index is 1.80. The number of benzene rings is 1. The molecule has 3 rings (SSSR count). The number of hydrogen-bond donors (Lipinski definition) is 2. The highest BCUT2D eigenvalue weighted by atomic mass is 16.2. The smallest absolute Gasteiger partial charge is 0.253 e. The largest absolute Gasteiger partial charge is 0.382 e. The minimum atomic E-state index is 0.171. The average molecular weight is 245 g/mol. The molecule has 1 aromatic carbocycles. The Kier molecular flexibility index (Phi) is 3.09. The molecule has 0 aliphatic carbocycles. The van der Waals surface area contributed by atoms with Gasteiger partial charge in [0, 0.05) is 31.7 Å². The summed E-state index contributed by atoms with van der Waals surface area (Å²) in [6.07, 6.45) is 3.52. The first-order valence-electron chi connectivity index (χ1n) is 6.76. The molecule has 1 saturated heterocycles. The van der Waals surface area contributed by atoms with Crippen LogP contribution in [0.2, 0.25) is 0 Å². The molecule has 0 aromatic heterocycles. The highest BCUT2D eigenvalue weighted by Crippen LogP contribution is 2.26. The minimum Gasteiger partial charge on any atom is -0.382 e. The van der Waals surface area contributed by atoms with Crippen molar-refractivity contribution in [1.29, 1.82) is 0 Å². The zero-order valence-corrected chi connectivity index (χ0v) is 10.5. The van der Waals surface area contributed by atoms with E-state index in [1.807, 2.05) is 23.1 Å². The average Bonchev–Trinajstić information content (AvgIpc) is 2.47. The third-order valence-electron chi connectivity index (χ3n) is 3.67. The number of fused-ring (bicyclic) bond motifs is 1. The van der Waals surface area contributed by atoms with Gasteiger partial charge in [0.1, 0.15) is 0 Å². The number of piperidine rings is 1. The van der Waals surface area contributed by atoms with Gasteiger partial charge in [-0.1, -0.05) is 0 Å². The van der Waals surface area contributed by atoms with Gasteiger partial charge in [-0.2, -0.15) is 0 Å². The molecule has 0 radical (unpaired) electrons. The lowest BCUT2D eigenvalue weighted by Crippen LogP contribution is -2.35. The van der Waals surface area contributed by atoms with Gasteiger partial charge in [0.05, 0.1) is 11.4 Å². The second-order valence-electron chi connectivity index (χ2n) is 4.97. The molecule has 2 N–H and O–H groups in total. The number of nitrogens with one attached hydrogen (secondary N) is 2.